The largest absolute Gasteiger partial charge is 0.480 e. The quantitative estimate of drug-likeness (QED) is 0.531. The van der Waals surface area contributed by atoms with Gasteiger partial charge in [0, 0.05) is 11.4 Å². The molecule has 2 rings (SSSR count). The Labute approximate surface area is 167 Å². The van der Waals surface area contributed by atoms with Gasteiger partial charge in [0.05, 0.1) is 22.8 Å². The predicted molar refractivity (Wildman–Crippen MR) is 103 cm³/mol. The van der Waals surface area contributed by atoms with Crippen molar-refractivity contribution in [1.82, 2.24) is 4.98 Å². The molecule has 0 saturated carbocycles. The van der Waals surface area contributed by atoms with E-state index in [-0.39, 0.29) is 17.7 Å². The molecule has 0 atom stereocenters. The van der Waals surface area contributed by atoms with Crippen LogP contribution in [0.5, 0.6) is 5.75 Å². The average molecular weight is 408 g/mol. The van der Waals surface area contributed by atoms with Crippen LogP contribution in [0.15, 0.2) is 18.2 Å². The highest BCUT2D eigenvalue weighted by Gasteiger charge is 2.26. The first-order chi connectivity index (χ1) is 13.2. The molecule has 1 aromatic carbocycles. The van der Waals surface area contributed by atoms with E-state index in [0.717, 1.165) is 5.56 Å². The molecule has 8 heteroatoms. The fourth-order valence-corrected chi connectivity index (χ4v) is 2.88. The van der Waals surface area contributed by atoms with Gasteiger partial charge in [0.25, 0.3) is 0 Å². The summed E-state index contributed by atoms with van der Waals surface area (Å²) < 4.78 is 15.3. The number of hydrogen-bond acceptors (Lipinski definition) is 6. The third-order valence-corrected chi connectivity index (χ3v) is 4.24. The van der Waals surface area contributed by atoms with Crippen molar-refractivity contribution in [3.63, 3.8) is 0 Å². The lowest BCUT2D eigenvalue weighted by molar-refractivity contribution is -0.144. The van der Waals surface area contributed by atoms with Crippen molar-refractivity contribution >= 4 is 29.3 Å². The molecule has 7 nitrogen and oxygen atoms in total. The first-order valence-corrected chi connectivity index (χ1v) is 9.06. The standard InChI is InChI=1S/C20H22ClNO6/c1-5-26-20(25)19-13(4)22-12(3)18(19)15(23)9-28-17(24)10-27-16-8-11(2)6-7-14(16)21/h6-8,22H,5,9-10H2,1-4H3. The Morgan fingerprint density at radius 2 is 1.68 bits per heavy atom. The van der Waals surface area contributed by atoms with E-state index in [2.05, 4.69) is 4.98 Å². The summed E-state index contributed by atoms with van der Waals surface area (Å²) in [6.45, 7) is 6.14. The molecular weight excluding hydrogens is 386 g/mol. The van der Waals surface area contributed by atoms with Crippen LogP contribution in [0.25, 0.3) is 0 Å². The molecule has 0 saturated heterocycles. The Morgan fingerprint density at radius 1 is 1.00 bits per heavy atom. The highest BCUT2D eigenvalue weighted by atomic mass is 35.5. The van der Waals surface area contributed by atoms with Crippen molar-refractivity contribution in [2.24, 2.45) is 0 Å². The van der Waals surface area contributed by atoms with E-state index >= 15 is 0 Å². The highest BCUT2D eigenvalue weighted by molar-refractivity contribution is 6.32. The van der Waals surface area contributed by atoms with Crippen molar-refractivity contribution in [1.29, 1.82) is 0 Å². The monoisotopic (exact) mass is 407 g/mol. The van der Waals surface area contributed by atoms with E-state index in [4.69, 9.17) is 25.8 Å². The summed E-state index contributed by atoms with van der Waals surface area (Å²) in [6, 6.07) is 5.17. The maximum Gasteiger partial charge on any atom is 0.344 e. The molecule has 1 heterocycles. The molecule has 0 aliphatic heterocycles. The van der Waals surface area contributed by atoms with Gasteiger partial charge in [0.2, 0.25) is 5.78 Å². The number of rotatable bonds is 8. The molecule has 0 amide bonds. The van der Waals surface area contributed by atoms with Gasteiger partial charge < -0.3 is 19.2 Å². The number of H-pyrrole nitrogens is 1. The number of Topliss-reactive ketones (excluding diaryl/α,β-unsaturated/α-hetero) is 1. The summed E-state index contributed by atoms with van der Waals surface area (Å²) in [7, 11) is 0. The topological polar surface area (TPSA) is 94.7 Å². The average Bonchev–Trinajstić information content (AvgIpc) is 2.94. The van der Waals surface area contributed by atoms with Crippen LogP contribution in [0.2, 0.25) is 5.02 Å². The molecule has 1 N–H and O–H groups in total. The lowest BCUT2D eigenvalue weighted by atomic mass is 10.1. The summed E-state index contributed by atoms with van der Waals surface area (Å²) >= 11 is 6.00. The van der Waals surface area contributed by atoms with Gasteiger partial charge in [0.15, 0.2) is 13.2 Å². The number of aryl methyl sites for hydroxylation is 3. The van der Waals surface area contributed by atoms with Crippen molar-refractivity contribution < 1.29 is 28.6 Å². The van der Waals surface area contributed by atoms with Crippen LogP contribution in [0.4, 0.5) is 0 Å². The van der Waals surface area contributed by atoms with Crippen LogP contribution in [-0.4, -0.2) is 42.5 Å². The van der Waals surface area contributed by atoms with Gasteiger partial charge in [-0.1, -0.05) is 17.7 Å². The number of aromatic nitrogens is 1. The Morgan fingerprint density at radius 3 is 2.36 bits per heavy atom. The third-order valence-electron chi connectivity index (χ3n) is 3.93. The van der Waals surface area contributed by atoms with Gasteiger partial charge in [-0.25, -0.2) is 9.59 Å². The molecule has 0 fully saturated rings. The number of carbonyl (C=O) groups is 3. The van der Waals surface area contributed by atoms with Gasteiger partial charge in [-0.15, -0.1) is 0 Å². The van der Waals surface area contributed by atoms with Gasteiger partial charge in [0.1, 0.15) is 5.75 Å². The van der Waals surface area contributed by atoms with Crippen molar-refractivity contribution in [2.45, 2.75) is 27.7 Å². The number of carbonyl (C=O) groups excluding carboxylic acids is 3. The first kappa shape index (κ1) is 21.5. The van der Waals surface area contributed by atoms with Gasteiger partial charge in [-0.3, -0.25) is 4.79 Å². The summed E-state index contributed by atoms with van der Waals surface area (Å²) in [5.41, 5.74) is 2.26. The molecule has 0 bridgehead atoms. The molecule has 0 aliphatic carbocycles. The van der Waals surface area contributed by atoms with Crippen molar-refractivity contribution in [3.8, 4) is 5.75 Å². The summed E-state index contributed by atoms with van der Waals surface area (Å²) in [5.74, 6) is -1.48. The van der Waals surface area contributed by atoms with Crippen LogP contribution in [0.3, 0.4) is 0 Å². The maximum atomic E-state index is 12.5. The zero-order chi connectivity index (χ0) is 20.8. The normalized spacial score (nSPS) is 10.5. The van der Waals surface area contributed by atoms with E-state index in [1.807, 2.05) is 13.0 Å². The Bertz CT molecular complexity index is 902. The second-order valence-corrected chi connectivity index (χ2v) is 6.56. The van der Waals surface area contributed by atoms with Crippen LogP contribution in [0, 0.1) is 20.8 Å². The number of halogens is 1. The molecule has 0 aliphatic rings. The van der Waals surface area contributed by atoms with Gasteiger partial charge >= 0.3 is 11.9 Å². The molecule has 0 spiro atoms. The minimum atomic E-state index is -0.728. The van der Waals surface area contributed by atoms with E-state index in [1.165, 1.54) is 0 Å². The minimum Gasteiger partial charge on any atom is -0.480 e. The second kappa shape index (κ2) is 9.41. The highest BCUT2D eigenvalue weighted by Crippen LogP contribution is 2.25. The van der Waals surface area contributed by atoms with Gasteiger partial charge in [-0.2, -0.15) is 0 Å². The molecule has 28 heavy (non-hydrogen) atoms. The summed E-state index contributed by atoms with van der Waals surface area (Å²) in [4.78, 5) is 39.5. The molecule has 1 aromatic heterocycles. The lowest BCUT2D eigenvalue weighted by Crippen LogP contribution is -2.21. The molecule has 0 unspecified atom stereocenters. The fourth-order valence-electron chi connectivity index (χ4n) is 2.71. The summed E-state index contributed by atoms with van der Waals surface area (Å²) in [5, 5.41) is 0.368. The van der Waals surface area contributed by atoms with E-state index in [0.29, 0.717) is 22.2 Å². The maximum absolute atomic E-state index is 12.5. The third kappa shape index (κ3) is 5.13. The smallest absolute Gasteiger partial charge is 0.344 e. The number of esters is 2. The molecule has 2 aromatic rings. The van der Waals surface area contributed by atoms with Crippen LogP contribution >= 0.6 is 11.6 Å². The van der Waals surface area contributed by atoms with Crippen LogP contribution < -0.4 is 4.74 Å². The second-order valence-electron chi connectivity index (χ2n) is 6.15. The fraction of sp³-hybridized carbons (Fsp3) is 0.350. The molecule has 150 valence electrons. The lowest BCUT2D eigenvalue weighted by Gasteiger charge is -2.09. The van der Waals surface area contributed by atoms with Crippen LogP contribution in [0.1, 0.15) is 44.6 Å². The Kier molecular flexibility index (Phi) is 7.23. The van der Waals surface area contributed by atoms with Gasteiger partial charge in [-0.05, 0) is 45.4 Å². The zero-order valence-corrected chi connectivity index (χ0v) is 16.9. The predicted octanol–water partition coefficient (Wildman–Crippen LogP) is 3.57. The zero-order valence-electron chi connectivity index (χ0n) is 16.2. The van der Waals surface area contributed by atoms with Crippen LogP contribution in [-0.2, 0) is 14.3 Å². The number of hydrogen-bond donors (Lipinski definition) is 1. The van der Waals surface area contributed by atoms with E-state index in [9.17, 15) is 14.4 Å². The Balaban J connectivity index is 1.99. The number of nitrogens with one attached hydrogen (secondary N) is 1. The Hall–Kier alpha value is -2.80. The number of benzene rings is 1. The first-order valence-electron chi connectivity index (χ1n) is 8.68. The summed E-state index contributed by atoms with van der Waals surface area (Å²) in [6.07, 6.45) is 0. The minimum absolute atomic E-state index is 0.156. The molecule has 0 radical (unpaired) electrons. The number of aromatic amines is 1. The number of ketones is 1. The van der Waals surface area contributed by atoms with Crippen molar-refractivity contribution in [3.05, 3.63) is 51.3 Å². The molecular formula is C20H22ClNO6. The van der Waals surface area contributed by atoms with E-state index < -0.39 is 30.9 Å². The number of ether oxygens (including phenoxy) is 3. The SMILES string of the molecule is CCOC(=O)c1c(C)[nH]c(C)c1C(=O)COC(=O)COc1cc(C)ccc1Cl. The van der Waals surface area contributed by atoms with E-state index in [1.54, 1.807) is 32.9 Å². The van der Waals surface area contributed by atoms with Crippen molar-refractivity contribution in [2.75, 3.05) is 19.8 Å².